The molecule has 0 aliphatic heterocycles. The summed E-state index contributed by atoms with van der Waals surface area (Å²) < 4.78 is 10.3. The molecule has 134 valence electrons. The van der Waals surface area contributed by atoms with Gasteiger partial charge in [0.15, 0.2) is 6.04 Å². The Labute approximate surface area is 140 Å². The summed E-state index contributed by atoms with van der Waals surface area (Å²) in [5.41, 5.74) is -0.417. The minimum Gasteiger partial charge on any atom is -0.486 e. The second-order valence-corrected chi connectivity index (χ2v) is 6.09. The molecule has 0 fully saturated rings. The van der Waals surface area contributed by atoms with Gasteiger partial charge in [0.1, 0.15) is 17.5 Å². The molecule has 4 N–H and O–H groups in total. The lowest BCUT2D eigenvalue weighted by molar-refractivity contribution is -0.139. The van der Waals surface area contributed by atoms with E-state index in [-0.39, 0.29) is 13.2 Å². The highest BCUT2D eigenvalue weighted by Crippen LogP contribution is 2.20. The Morgan fingerprint density at radius 2 is 1.67 bits per heavy atom. The molecule has 8 nitrogen and oxygen atoms in total. The molecule has 0 radical (unpaired) electrons. The number of nitrogens with one attached hydrogen (secondary N) is 1. The van der Waals surface area contributed by atoms with Gasteiger partial charge in [-0.15, -0.1) is 0 Å². The van der Waals surface area contributed by atoms with Crippen LogP contribution in [0, 0.1) is 0 Å². The number of aliphatic hydroxyl groups excluding tert-OH is 2. The zero-order valence-corrected chi connectivity index (χ0v) is 13.9. The van der Waals surface area contributed by atoms with E-state index in [1.807, 2.05) is 0 Å². The van der Waals surface area contributed by atoms with Crippen LogP contribution in [0.3, 0.4) is 0 Å². The largest absolute Gasteiger partial charge is 0.486 e. The summed E-state index contributed by atoms with van der Waals surface area (Å²) in [6.45, 7) is 4.32. The minimum atomic E-state index is -1.28. The monoisotopic (exact) mass is 341 g/mol. The van der Waals surface area contributed by atoms with Gasteiger partial charge in [0.05, 0.1) is 13.2 Å². The van der Waals surface area contributed by atoms with Gasteiger partial charge in [0.25, 0.3) is 0 Å². The number of ether oxygens (including phenoxy) is 2. The van der Waals surface area contributed by atoms with Crippen molar-refractivity contribution >= 4 is 12.1 Å². The van der Waals surface area contributed by atoms with E-state index in [0.29, 0.717) is 11.3 Å². The molecule has 0 aliphatic rings. The third-order valence-corrected chi connectivity index (χ3v) is 2.83. The summed E-state index contributed by atoms with van der Waals surface area (Å²) in [4.78, 5) is 23.1. The van der Waals surface area contributed by atoms with Crippen LogP contribution in [-0.4, -0.2) is 52.3 Å². The SMILES string of the molecule is CC(C)(C)OC(=O)NC(C(=O)O)c1ccc(OC(CO)CO)cc1. The highest BCUT2D eigenvalue weighted by molar-refractivity contribution is 5.81. The topological polar surface area (TPSA) is 125 Å². The van der Waals surface area contributed by atoms with Crippen LogP contribution in [0.4, 0.5) is 4.79 Å². The van der Waals surface area contributed by atoms with Gasteiger partial charge in [-0.1, -0.05) is 12.1 Å². The Balaban J connectivity index is 2.82. The van der Waals surface area contributed by atoms with Gasteiger partial charge in [-0.05, 0) is 38.5 Å². The molecule has 0 spiro atoms. The van der Waals surface area contributed by atoms with Crippen LogP contribution in [0.25, 0.3) is 0 Å². The lowest BCUT2D eigenvalue weighted by Gasteiger charge is -2.22. The Kier molecular flexibility index (Phi) is 6.99. The number of aliphatic carboxylic acids is 1. The normalized spacial score (nSPS) is 12.6. The first-order chi connectivity index (χ1) is 11.2. The summed E-state index contributed by atoms with van der Waals surface area (Å²) in [5, 5.41) is 29.5. The van der Waals surface area contributed by atoms with Crippen LogP contribution < -0.4 is 10.1 Å². The van der Waals surface area contributed by atoms with Gasteiger partial charge in [-0.25, -0.2) is 9.59 Å². The molecule has 0 aromatic heterocycles. The molecule has 1 aromatic rings. The van der Waals surface area contributed by atoms with Crippen LogP contribution >= 0.6 is 0 Å². The molecule has 1 aromatic carbocycles. The number of carbonyl (C=O) groups is 2. The lowest BCUT2D eigenvalue weighted by Crippen LogP contribution is -2.38. The van der Waals surface area contributed by atoms with Crippen LogP contribution in [0.5, 0.6) is 5.75 Å². The first kappa shape index (κ1) is 19.7. The number of hydrogen-bond donors (Lipinski definition) is 4. The average molecular weight is 341 g/mol. The van der Waals surface area contributed by atoms with Crippen molar-refractivity contribution in [1.29, 1.82) is 0 Å². The van der Waals surface area contributed by atoms with Crippen molar-refractivity contribution in [3.63, 3.8) is 0 Å². The molecular weight excluding hydrogens is 318 g/mol. The average Bonchev–Trinajstić information content (AvgIpc) is 2.49. The molecule has 1 atom stereocenters. The van der Waals surface area contributed by atoms with E-state index in [9.17, 15) is 14.7 Å². The maximum absolute atomic E-state index is 11.8. The van der Waals surface area contributed by atoms with Crippen LogP contribution in [0.2, 0.25) is 0 Å². The fourth-order valence-corrected chi connectivity index (χ4v) is 1.78. The second kappa shape index (κ2) is 8.51. The van der Waals surface area contributed by atoms with E-state index < -0.39 is 29.8 Å². The van der Waals surface area contributed by atoms with Crippen molar-refractivity contribution in [2.24, 2.45) is 0 Å². The molecule has 8 heteroatoms. The lowest BCUT2D eigenvalue weighted by atomic mass is 10.1. The van der Waals surface area contributed by atoms with E-state index in [1.54, 1.807) is 20.8 Å². The molecule has 1 amide bonds. The molecule has 1 unspecified atom stereocenters. The summed E-state index contributed by atoms with van der Waals surface area (Å²) in [6, 6.07) is 4.63. The molecular formula is C16H23NO7. The Morgan fingerprint density at radius 3 is 2.08 bits per heavy atom. The van der Waals surface area contributed by atoms with Crippen molar-refractivity contribution in [2.45, 2.75) is 38.5 Å². The van der Waals surface area contributed by atoms with E-state index >= 15 is 0 Å². The van der Waals surface area contributed by atoms with Crippen LogP contribution in [0.1, 0.15) is 32.4 Å². The first-order valence-electron chi connectivity index (χ1n) is 7.37. The summed E-state index contributed by atoms with van der Waals surface area (Å²) in [6.07, 6.45) is -1.60. The predicted octanol–water partition coefficient (Wildman–Crippen LogP) is 1.07. The van der Waals surface area contributed by atoms with E-state index in [4.69, 9.17) is 19.7 Å². The first-order valence-corrected chi connectivity index (χ1v) is 7.37. The standard InChI is InChI=1S/C16H23NO7/c1-16(2,3)24-15(22)17-13(14(20)21)10-4-6-11(7-5-10)23-12(8-18)9-19/h4-7,12-13,18-19H,8-9H2,1-3H3,(H,17,22)(H,20,21). The number of hydrogen-bond acceptors (Lipinski definition) is 6. The van der Waals surface area contributed by atoms with Crippen molar-refractivity contribution in [2.75, 3.05) is 13.2 Å². The quantitative estimate of drug-likeness (QED) is 0.584. The van der Waals surface area contributed by atoms with E-state index in [2.05, 4.69) is 5.32 Å². The molecule has 0 aliphatic carbocycles. The maximum Gasteiger partial charge on any atom is 0.408 e. The molecule has 0 saturated carbocycles. The van der Waals surface area contributed by atoms with Crippen LogP contribution in [0.15, 0.2) is 24.3 Å². The number of alkyl carbamates (subject to hydrolysis) is 1. The minimum absolute atomic E-state index is 0.324. The van der Waals surface area contributed by atoms with Crippen LogP contribution in [-0.2, 0) is 9.53 Å². The van der Waals surface area contributed by atoms with Gasteiger partial charge in [0, 0.05) is 0 Å². The third kappa shape index (κ3) is 6.43. The zero-order valence-electron chi connectivity index (χ0n) is 13.9. The maximum atomic E-state index is 11.8. The van der Waals surface area contributed by atoms with E-state index in [1.165, 1.54) is 24.3 Å². The highest BCUT2D eigenvalue weighted by Gasteiger charge is 2.25. The van der Waals surface area contributed by atoms with Crippen molar-refractivity contribution in [1.82, 2.24) is 5.32 Å². The number of amides is 1. The van der Waals surface area contributed by atoms with Gasteiger partial charge >= 0.3 is 12.1 Å². The number of aliphatic hydroxyl groups is 2. The van der Waals surface area contributed by atoms with Gasteiger partial charge in [-0.3, -0.25) is 0 Å². The molecule has 0 bridgehead atoms. The zero-order chi connectivity index (χ0) is 18.3. The Morgan fingerprint density at radius 1 is 1.12 bits per heavy atom. The summed E-state index contributed by atoms with van der Waals surface area (Å²) in [5.74, 6) is -0.883. The number of rotatable bonds is 7. The molecule has 0 heterocycles. The molecule has 24 heavy (non-hydrogen) atoms. The van der Waals surface area contributed by atoms with Crippen molar-refractivity contribution in [3.05, 3.63) is 29.8 Å². The predicted molar refractivity (Wildman–Crippen MR) is 84.8 cm³/mol. The Hall–Kier alpha value is -2.32. The van der Waals surface area contributed by atoms with Gasteiger partial charge in [0.2, 0.25) is 0 Å². The van der Waals surface area contributed by atoms with Gasteiger partial charge in [-0.2, -0.15) is 0 Å². The van der Waals surface area contributed by atoms with E-state index in [0.717, 1.165) is 0 Å². The Bertz CT molecular complexity index is 547. The smallest absolute Gasteiger partial charge is 0.408 e. The number of carbonyl (C=O) groups excluding carboxylic acids is 1. The fraction of sp³-hybridized carbons (Fsp3) is 0.500. The van der Waals surface area contributed by atoms with Crippen molar-refractivity contribution in [3.8, 4) is 5.75 Å². The molecule has 0 saturated heterocycles. The summed E-state index contributed by atoms with van der Waals surface area (Å²) in [7, 11) is 0. The summed E-state index contributed by atoms with van der Waals surface area (Å²) >= 11 is 0. The number of benzene rings is 1. The third-order valence-electron chi connectivity index (χ3n) is 2.83. The number of carboxylic acid groups (broad SMARTS) is 1. The molecule has 1 rings (SSSR count). The number of carboxylic acids is 1. The second-order valence-electron chi connectivity index (χ2n) is 6.09. The fourth-order valence-electron chi connectivity index (χ4n) is 1.78. The highest BCUT2D eigenvalue weighted by atomic mass is 16.6. The van der Waals surface area contributed by atoms with Crippen molar-refractivity contribution < 1.29 is 34.4 Å². The van der Waals surface area contributed by atoms with Gasteiger partial charge < -0.3 is 30.1 Å².